The monoisotopic (exact) mass is 488 g/mol. The summed E-state index contributed by atoms with van der Waals surface area (Å²) < 4.78 is 38.9. The van der Waals surface area contributed by atoms with Gasteiger partial charge in [0.1, 0.15) is 18.2 Å². The molecule has 1 atom stereocenters. The van der Waals surface area contributed by atoms with Gasteiger partial charge in [-0.05, 0) is 36.8 Å². The van der Waals surface area contributed by atoms with E-state index in [4.69, 9.17) is 9.15 Å². The van der Waals surface area contributed by atoms with Crippen LogP contribution in [0.5, 0.6) is 0 Å². The first-order chi connectivity index (χ1) is 16.2. The van der Waals surface area contributed by atoms with E-state index >= 15 is 0 Å². The molecule has 34 heavy (non-hydrogen) atoms. The van der Waals surface area contributed by atoms with Crippen LogP contribution >= 0.6 is 0 Å². The molecule has 1 aliphatic rings. The van der Waals surface area contributed by atoms with Crippen LogP contribution < -0.4 is 0 Å². The number of aromatic nitrogens is 2. The number of esters is 1. The summed E-state index contributed by atoms with van der Waals surface area (Å²) in [7, 11) is -0.643. The van der Waals surface area contributed by atoms with Crippen molar-refractivity contribution in [3.63, 3.8) is 0 Å². The molecule has 0 saturated carbocycles. The number of rotatable bonds is 9. The third kappa shape index (κ3) is 4.71. The lowest BCUT2D eigenvalue weighted by molar-refractivity contribution is -0.150. The molecule has 0 bridgehead atoms. The van der Waals surface area contributed by atoms with E-state index in [0.29, 0.717) is 30.2 Å². The minimum absolute atomic E-state index is 0.0633. The number of amides is 1. The Balaban J connectivity index is 1.48. The Labute approximate surface area is 198 Å². The number of sulfonamides is 1. The second-order valence-electron chi connectivity index (χ2n) is 8.48. The summed E-state index contributed by atoms with van der Waals surface area (Å²) in [6.45, 7) is 3.19. The molecule has 1 fully saturated rings. The van der Waals surface area contributed by atoms with Crippen molar-refractivity contribution in [2.24, 2.45) is 5.92 Å². The third-order valence-electron chi connectivity index (χ3n) is 5.84. The SMILES string of the molecule is CCCn1c(COC(=O)[C@@H]2CC(=O)N(Cc3ccco3)C2)nc2cc(S(=O)(=O)N(C)C)ccc21. The Bertz CT molecular complexity index is 1300. The van der Waals surface area contributed by atoms with E-state index in [1.807, 2.05) is 11.5 Å². The number of nitrogens with zero attached hydrogens (tertiary/aromatic N) is 4. The first-order valence-corrected chi connectivity index (χ1v) is 12.5. The highest BCUT2D eigenvalue weighted by atomic mass is 32.2. The smallest absolute Gasteiger partial charge is 0.311 e. The van der Waals surface area contributed by atoms with E-state index in [-0.39, 0.29) is 30.4 Å². The average Bonchev–Trinajstić information content (AvgIpc) is 3.52. The molecule has 1 saturated heterocycles. The van der Waals surface area contributed by atoms with Crippen LogP contribution in [0.4, 0.5) is 0 Å². The fourth-order valence-electron chi connectivity index (χ4n) is 4.04. The van der Waals surface area contributed by atoms with Gasteiger partial charge in [0, 0.05) is 33.6 Å². The van der Waals surface area contributed by atoms with E-state index in [0.717, 1.165) is 16.2 Å². The number of furan rings is 1. The van der Waals surface area contributed by atoms with Crippen molar-refractivity contribution >= 4 is 32.9 Å². The molecule has 0 radical (unpaired) electrons. The fraction of sp³-hybridized carbons (Fsp3) is 0.435. The van der Waals surface area contributed by atoms with E-state index in [1.165, 1.54) is 20.2 Å². The molecule has 10 nitrogen and oxygen atoms in total. The fourth-order valence-corrected chi connectivity index (χ4v) is 4.96. The molecule has 1 aromatic carbocycles. The molecular formula is C23H28N4O6S. The van der Waals surface area contributed by atoms with Crippen LogP contribution in [0, 0.1) is 5.92 Å². The van der Waals surface area contributed by atoms with Gasteiger partial charge in [0.25, 0.3) is 0 Å². The van der Waals surface area contributed by atoms with Crippen molar-refractivity contribution in [2.75, 3.05) is 20.6 Å². The van der Waals surface area contributed by atoms with E-state index in [1.54, 1.807) is 35.4 Å². The van der Waals surface area contributed by atoms with Crippen LogP contribution in [0.1, 0.15) is 31.4 Å². The summed E-state index contributed by atoms with van der Waals surface area (Å²) in [6.07, 6.45) is 2.46. The van der Waals surface area contributed by atoms with E-state index in [2.05, 4.69) is 4.98 Å². The number of carbonyl (C=O) groups is 2. The second kappa shape index (κ2) is 9.59. The molecule has 1 aliphatic heterocycles. The highest BCUT2D eigenvalue weighted by molar-refractivity contribution is 7.89. The normalized spacial score (nSPS) is 16.6. The molecule has 11 heteroatoms. The number of hydrogen-bond donors (Lipinski definition) is 0. The largest absolute Gasteiger partial charge is 0.467 e. The Kier molecular flexibility index (Phi) is 6.76. The maximum absolute atomic E-state index is 12.7. The Morgan fingerprint density at radius 3 is 2.76 bits per heavy atom. The van der Waals surface area contributed by atoms with Gasteiger partial charge in [-0.3, -0.25) is 9.59 Å². The lowest BCUT2D eigenvalue weighted by Crippen LogP contribution is -2.26. The van der Waals surface area contributed by atoms with Crippen LogP contribution in [0.15, 0.2) is 45.9 Å². The van der Waals surface area contributed by atoms with Gasteiger partial charge < -0.3 is 18.6 Å². The van der Waals surface area contributed by atoms with E-state index < -0.39 is 21.9 Å². The summed E-state index contributed by atoms with van der Waals surface area (Å²) in [5.74, 6) is 0.0587. The number of ether oxygens (including phenoxy) is 1. The molecule has 3 aromatic rings. The molecule has 182 valence electrons. The van der Waals surface area contributed by atoms with Crippen LogP contribution in [0.25, 0.3) is 11.0 Å². The lowest BCUT2D eigenvalue weighted by Gasteiger charge is -2.15. The zero-order valence-electron chi connectivity index (χ0n) is 19.4. The third-order valence-corrected chi connectivity index (χ3v) is 7.65. The number of carbonyl (C=O) groups excluding carboxylic acids is 2. The predicted octanol–water partition coefficient (Wildman–Crippen LogP) is 2.38. The van der Waals surface area contributed by atoms with Crippen molar-refractivity contribution in [3.8, 4) is 0 Å². The van der Waals surface area contributed by atoms with Crippen molar-refractivity contribution in [3.05, 3.63) is 48.2 Å². The van der Waals surface area contributed by atoms with Crippen LogP contribution in [-0.2, 0) is 44.0 Å². The number of benzene rings is 1. The van der Waals surface area contributed by atoms with Crippen molar-refractivity contribution in [2.45, 2.75) is 44.4 Å². The molecule has 0 aliphatic carbocycles. The zero-order chi connectivity index (χ0) is 24.5. The first-order valence-electron chi connectivity index (χ1n) is 11.1. The Hall–Kier alpha value is -3.18. The summed E-state index contributed by atoms with van der Waals surface area (Å²) in [5, 5.41) is 0. The summed E-state index contributed by atoms with van der Waals surface area (Å²) in [4.78, 5) is 31.3. The summed E-state index contributed by atoms with van der Waals surface area (Å²) >= 11 is 0. The van der Waals surface area contributed by atoms with Gasteiger partial charge in [-0.2, -0.15) is 0 Å². The molecule has 3 heterocycles. The summed E-state index contributed by atoms with van der Waals surface area (Å²) in [6, 6.07) is 8.35. The average molecular weight is 489 g/mol. The standard InChI is InChI=1S/C23H28N4O6S/c1-4-9-27-20-8-7-18(34(30,31)25(2)3)12-19(20)24-21(27)15-33-23(29)16-11-22(28)26(13-16)14-17-6-5-10-32-17/h5-8,10,12,16H,4,9,11,13-15H2,1-3H3/t16-/m1/s1. The number of likely N-dealkylation sites (tertiary alicyclic amines) is 1. The van der Waals surface area contributed by atoms with Gasteiger partial charge in [0.2, 0.25) is 15.9 Å². The number of aryl methyl sites for hydroxylation is 1. The van der Waals surface area contributed by atoms with Gasteiger partial charge in [0.05, 0.1) is 34.7 Å². The van der Waals surface area contributed by atoms with Crippen LogP contribution in [0.2, 0.25) is 0 Å². The molecular weight excluding hydrogens is 460 g/mol. The zero-order valence-corrected chi connectivity index (χ0v) is 20.2. The Morgan fingerprint density at radius 2 is 2.09 bits per heavy atom. The highest BCUT2D eigenvalue weighted by Crippen LogP contribution is 2.25. The maximum Gasteiger partial charge on any atom is 0.311 e. The molecule has 0 spiro atoms. The number of imidazole rings is 1. The first kappa shape index (κ1) is 24.0. The number of fused-ring (bicyclic) bond motifs is 1. The van der Waals surface area contributed by atoms with Gasteiger partial charge in [-0.25, -0.2) is 17.7 Å². The van der Waals surface area contributed by atoms with Crippen molar-refractivity contribution in [1.29, 1.82) is 0 Å². The van der Waals surface area contributed by atoms with Crippen LogP contribution in [0.3, 0.4) is 0 Å². The lowest BCUT2D eigenvalue weighted by atomic mass is 10.1. The molecule has 0 N–H and O–H groups in total. The molecule has 1 amide bonds. The van der Waals surface area contributed by atoms with Crippen molar-refractivity contribution < 1.29 is 27.2 Å². The molecule has 0 unspecified atom stereocenters. The van der Waals surface area contributed by atoms with Gasteiger partial charge in [0.15, 0.2) is 0 Å². The van der Waals surface area contributed by atoms with Gasteiger partial charge >= 0.3 is 5.97 Å². The van der Waals surface area contributed by atoms with Gasteiger partial charge in [-0.15, -0.1) is 0 Å². The minimum Gasteiger partial charge on any atom is -0.467 e. The Morgan fingerprint density at radius 1 is 1.29 bits per heavy atom. The topological polar surface area (TPSA) is 115 Å². The predicted molar refractivity (Wildman–Crippen MR) is 123 cm³/mol. The second-order valence-corrected chi connectivity index (χ2v) is 10.6. The minimum atomic E-state index is -3.59. The molecule has 2 aromatic heterocycles. The van der Waals surface area contributed by atoms with Crippen molar-refractivity contribution in [1.82, 2.24) is 18.8 Å². The molecule has 4 rings (SSSR count). The van der Waals surface area contributed by atoms with E-state index in [9.17, 15) is 18.0 Å². The quantitative estimate of drug-likeness (QED) is 0.425. The summed E-state index contributed by atoms with van der Waals surface area (Å²) in [5.41, 5.74) is 1.29. The van der Waals surface area contributed by atoms with Crippen LogP contribution in [-0.4, -0.2) is 59.7 Å². The number of hydrogen-bond acceptors (Lipinski definition) is 7. The van der Waals surface area contributed by atoms with Gasteiger partial charge in [-0.1, -0.05) is 6.92 Å². The highest BCUT2D eigenvalue weighted by Gasteiger charge is 2.36. The maximum atomic E-state index is 12.7.